The Hall–Kier alpha value is -2.69. The highest BCUT2D eigenvalue weighted by atomic mass is 19.1. The minimum absolute atomic E-state index is 0.0754. The fourth-order valence-electron chi connectivity index (χ4n) is 2.98. The van der Waals surface area contributed by atoms with Gasteiger partial charge in [0.15, 0.2) is 0 Å². The second-order valence-electron chi connectivity index (χ2n) is 6.56. The smallest absolute Gasteiger partial charge is 0.254 e. The number of nitrogens with zero attached hydrogens (tertiary/aromatic N) is 2. The molecule has 4 nitrogen and oxygen atoms in total. The Balaban J connectivity index is 1.71. The third-order valence-electron chi connectivity index (χ3n) is 4.08. The predicted octanol–water partition coefficient (Wildman–Crippen LogP) is 3.80. The van der Waals surface area contributed by atoms with E-state index in [0.717, 1.165) is 23.1 Å². The first kappa shape index (κ1) is 17.1. The van der Waals surface area contributed by atoms with E-state index in [2.05, 4.69) is 34.9 Å². The maximum atomic E-state index is 13.7. The monoisotopic (exact) mass is 339 g/mol. The van der Waals surface area contributed by atoms with Crippen LogP contribution in [0.1, 0.15) is 29.8 Å². The first-order valence-corrected chi connectivity index (χ1v) is 8.51. The van der Waals surface area contributed by atoms with Gasteiger partial charge in [-0.3, -0.25) is 4.79 Å². The van der Waals surface area contributed by atoms with Crippen molar-refractivity contribution in [3.05, 3.63) is 65.7 Å². The zero-order chi connectivity index (χ0) is 17.8. The Bertz CT molecular complexity index is 886. The van der Waals surface area contributed by atoms with Gasteiger partial charge in [-0.15, -0.1) is 0 Å². The lowest BCUT2D eigenvalue weighted by Crippen LogP contribution is -2.26. The summed E-state index contributed by atoms with van der Waals surface area (Å²) in [6.07, 6.45) is 4.57. The molecular weight excluding hydrogens is 317 g/mol. The van der Waals surface area contributed by atoms with Gasteiger partial charge in [0.25, 0.3) is 5.91 Å². The highest BCUT2D eigenvalue weighted by Gasteiger charge is 2.12. The van der Waals surface area contributed by atoms with Crippen molar-refractivity contribution in [3.8, 4) is 0 Å². The fourth-order valence-corrected chi connectivity index (χ4v) is 2.98. The summed E-state index contributed by atoms with van der Waals surface area (Å²) in [6, 6.07) is 9.98. The summed E-state index contributed by atoms with van der Waals surface area (Å²) in [4.78, 5) is 16.6. The van der Waals surface area contributed by atoms with Gasteiger partial charge in [-0.05, 0) is 42.2 Å². The molecule has 2 aromatic heterocycles. The van der Waals surface area contributed by atoms with Crippen LogP contribution in [0.5, 0.6) is 0 Å². The van der Waals surface area contributed by atoms with Crippen LogP contribution in [0.25, 0.3) is 11.0 Å². The number of pyridine rings is 1. The molecule has 0 atom stereocenters. The number of hydrogen-bond donors (Lipinski definition) is 1. The number of rotatable bonds is 6. The number of carbonyl (C=O) groups is 1. The maximum absolute atomic E-state index is 13.7. The van der Waals surface area contributed by atoms with Crippen molar-refractivity contribution in [1.82, 2.24) is 14.9 Å². The molecular formula is C20H22FN3O. The third kappa shape index (κ3) is 3.87. The van der Waals surface area contributed by atoms with Crippen molar-refractivity contribution in [2.45, 2.75) is 26.8 Å². The number of nitrogens with one attached hydrogen (secondary N) is 1. The van der Waals surface area contributed by atoms with E-state index in [4.69, 9.17) is 0 Å². The number of aromatic nitrogens is 2. The molecule has 5 heteroatoms. The van der Waals surface area contributed by atoms with Crippen molar-refractivity contribution < 1.29 is 9.18 Å². The van der Waals surface area contributed by atoms with Gasteiger partial charge in [0.2, 0.25) is 0 Å². The zero-order valence-corrected chi connectivity index (χ0v) is 14.5. The van der Waals surface area contributed by atoms with Crippen LogP contribution in [-0.4, -0.2) is 22.0 Å². The predicted molar refractivity (Wildman–Crippen MR) is 97.0 cm³/mol. The summed E-state index contributed by atoms with van der Waals surface area (Å²) in [5.74, 6) is -0.369. The number of halogens is 1. The summed E-state index contributed by atoms with van der Waals surface area (Å²) >= 11 is 0. The number of fused-ring (bicyclic) bond motifs is 1. The van der Waals surface area contributed by atoms with Crippen molar-refractivity contribution >= 4 is 16.9 Å². The van der Waals surface area contributed by atoms with Gasteiger partial charge < -0.3 is 9.88 Å². The molecule has 2 heterocycles. The molecule has 0 spiro atoms. The van der Waals surface area contributed by atoms with Gasteiger partial charge in [-0.25, -0.2) is 9.37 Å². The van der Waals surface area contributed by atoms with Crippen LogP contribution < -0.4 is 5.32 Å². The molecule has 0 aliphatic carbocycles. The highest BCUT2D eigenvalue weighted by Crippen LogP contribution is 2.21. The third-order valence-corrected chi connectivity index (χ3v) is 4.08. The summed E-state index contributed by atoms with van der Waals surface area (Å²) in [5.41, 5.74) is 2.18. The number of benzene rings is 1. The first-order valence-electron chi connectivity index (χ1n) is 8.51. The van der Waals surface area contributed by atoms with E-state index in [9.17, 15) is 9.18 Å². The molecule has 0 fully saturated rings. The van der Waals surface area contributed by atoms with Crippen LogP contribution in [-0.2, 0) is 13.0 Å². The Morgan fingerprint density at radius 1 is 1.24 bits per heavy atom. The van der Waals surface area contributed by atoms with Crippen molar-refractivity contribution in [1.29, 1.82) is 0 Å². The van der Waals surface area contributed by atoms with Gasteiger partial charge in [0.1, 0.15) is 11.5 Å². The second-order valence-corrected chi connectivity index (χ2v) is 6.56. The molecule has 3 rings (SSSR count). The molecule has 0 saturated carbocycles. The summed E-state index contributed by atoms with van der Waals surface area (Å²) in [7, 11) is 0. The molecule has 25 heavy (non-hydrogen) atoms. The minimum Gasteiger partial charge on any atom is -0.352 e. The Kier molecular flexibility index (Phi) is 5.12. The van der Waals surface area contributed by atoms with Gasteiger partial charge in [-0.1, -0.05) is 26.0 Å². The summed E-state index contributed by atoms with van der Waals surface area (Å²) in [6.45, 7) is 5.68. The molecule has 0 unspecified atom stereocenters. The second kappa shape index (κ2) is 7.47. The topological polar surface area (TPSA) is 46.9 Å². The Labute approximate surface area is 146 Å². The lowest BCUT2D eigenvalue weighted by molar-refractivity contribution is 0.0950. The van der Waals surface area contributed by atoms with E-state index in [-0.39, 0.29) is 11.5 Å². The van der Waals surface area contributed by atoms with E-state index in [1.165, 1.54) is 12.1 Å². The Morgan fingerprint density at radius 2 is 2.04 bits per heavy atom. The van der Waals surface area contributed by atoms with Gasteiger partial charge >= 0.3 is 0 Å². The van der Waals surface area contributed by atoms with Crippen molar-refractivity contribution in [2.24, 2.45) is 5.92 Å². The lowest BCUT2D eigenvalue weighted by atomic mass is 10.1. The van der Waals surface area contributed by atoms with Crippen molar-refractivity contribution in [2.75, 3.05) is 6.54 Å². The standard InChI is InChI=1S/C20H22FN3O/c1-14(2)12-24-13-15(16-7-5-10-22-19(16)24)9-11-23-20(25)17-6-3-4-8-18(17)21/h3-8,10,13-14H,9,11-12H2,1-2H3,(H,23,25). The van der Waals surface area contributed by atoms with E-state index in [0.29, 0.717) is 18.9 Å². The first-order chi connectivity index (χ1) is 12.1. The van der Waals surface area contributed by atoms with Crippen LogP contribution in [0.2, 0.25) is 0 Å². The molecule has 130 valence electrons. The molecule has 1 aromatic carbocycles. The number of amides is 1. The SMILES string of the molecule is CC(C)Cn1cc(CCNC(=O)c2ccccc2F)c2cccnc21. The van der Waals surface area contributed by atoms with Crippen LogP contribution >= 0.6 is 0 Å². The molecule has 0 bridgehead atoms. The van der Waals surface area contributed by atoms with Crippen molar-refractivity contribution in [3.63, 3.8) is 0 Å². The normalized spacial score (nSPS) is 11.2. The zero-order valence-electron chi connectivity index (χ0n) is 14.5. The van der Waals surface area contributed by atoms with Gasteiger partial charge in [0, 0.05) is 30.9 Å². The summed E-state index contributed by atoms with van der Waals surface area (Å²) in [5, 5.41) is 3.89. The van der Waals surface area contributed by atoms with E-state index >= 15 is 0 Å². The molecule has 0 saturated heterocycles. The molecule has 1 amide bonds. The average molecular weight is 339 g/mol. The quantitative estimate of drug-likeness (QED) is 0.742. The maximum Gasteiger partial charge on any atom is 0.254 e. The molecule has 1 N–H and O–H groups in total. The minimum atomic E-state index is -0.502. The van der Waals surface area contributed by atoms with Crippen LogP contribution in [0.15, 0.2) is 48.8 Å². The molecule has 3 aromatic rings. The fraction of sp³-hybridized carbons (Fsp3) is 0.300. The molecule has 0 radical (unpaired) electrons. The van der Waals surface area contributed by atoms with E-state index in [1.54, 1.807) is 18.3 Å². The Morgan fingerprint density at radius 3 is 2.80 bits per heavy atom. The van der Waals surface area contributed by atoms with Crippen LogP contribution in [0.4, 0.5) is 4.39 Å². The van der Waals surface area contributed by atoms with Gasteiger partial charge in [0.05, 0.1) is 5.56 Å². The number of hydrogen-bond acceptors (Lipinski definition) is 2. The molecule has 0 aliphatic heterocycles. The van der Waals surface area contributed by atoms with E-state index < -0.39 is 5.82 Å². The summed E-state index contributed by atoms with van der Waals surface area (Å²) < 4.78 is 15.8. The highest BCUT2D eigenvalue weighted by molar-refractivity contribution is 5.94. The van der Waals surface area contributed by atoms with E-state index in [1.807, 2.05) is 12.1 Å². The number of carbonyl (C=O) groups excluding carboxylic acids is 1. The lowest BCUT2D eigenvalue weighted by Gasteiger charge is -2.07. The van der Waals surface area contributed by atoms with Gasteiger partial charge in [-0.2, -0.15) is 0 Å². The molecule has 0 aliphatic rings. The average Bonchev–Trinajstić information content (AvgIpc) is 2.93. The van der Waals surface area contributed by atoms with Crippen LogP contribution in [0, 0.1) is 11.7 Å². The van der Waals surface area contributed by atoms with Crippen LogP contribution in [0.3, 0.4) is 0 Å². The largest absolute Gasteiger partial charge is 0.352 e.